The van der Waals surface area contributed by atoms with Crippen LogP contribution in [0.25, 0.3) is 22.2 Å². The average Bonchev–Trinajstić information content (AvgIpc) is 3.28. The van der Waals surface area contributed by atoms with Crippen LogP contribution in [-0.2, 0) is 6.18 Å². The predicted molar refractivity (Wildman–Crippen MR) is 145 cm³/mol. The topological polar surface area (TPSA) is 122 Å². The molecule has 5 rings (SSSR count). The Morgan fingerprint density at radius 1 is 0.949 bits per heavy atom. The highest BCUT2D eigenvalue weighted by molar-refractivity contribution is 14.1. The minimum absolute atomic E-state index is 0.346. The molecule has 0 fully saturated rings. The Morgan fingerprint density at radius 2 is 1.69 bits per heavy atom. The zero-order valence-corrected chi connectivity index (χ0v) is 21.7. The van der Waals surface area contributed by atoms with Gasteiger partial charge in [0.1, 0.15) is 11.6 Å². The number of pyridine rings is 2. The van der Waals surface area contributed by atoms with Crippen LogP contribution in [-0.4, -0.2) is 26.2 Å². The van der Waals surface area contributed by atoms with Crippen LogP contribution in [0.5, 0.6) is 0 Å². The first-order valence-corrected chi connectivity index (χ1v) is 12.0. The summed E-state index contributed by atoms with van der Waals surface area (Å²) in [4.78, 5) is 19.7. The van der Waals surface area contributed by atoms with Crippen LogP contribution in [0.15, 0.2) is 73.1 Å². The van der Waals surface area contributed by atoms with Gasteiger partial charge in [0.2, 0.25) is 5.95 Å². The van der Waals surface area contributed by atoms with Crippen molar-refractivity contribution >= 4 is 56.8 Å². The molecule has 0 unspecified atom stereocenters. The number of nitrogens with zero attached hydrogens (tertiary/aromatic N) is 3. The lowest BCUT2D eigenvalue weighted by Crippen LogP contribution is -2.20. The summed E-state index contributed by atoms with van der Waals surface area (Å²) in [6, 6.07) is 12.6. The molecule has 0 saturated carbocycles. The number of hydrogen-bond acceptors (Lipinski definition) is 5. The number of fused-ring (bicyclic) bond motifs is 1. The number of benzene rings is 2. The lowest BCUT2D eigenvalue weighted by atomic mass is 10.0. The molecule has 0 atom stereocenters. The number of alkyl halides is 3. The fraction of sp³-hybridized carbons (Fsp3) is 0.0400. The molecular formula is C25H17F5IN7O. The number of carbonyl (C=O) groups excluding carboxylic acids is 1. The molecule has 5 N–H and O–H groups in total. The van der Waals surface area contributed by atoms with Crippen LogP contribution in [0.4, 0.5) is 43.9 Å². The van der Waals surface area contributed by atoms with Crippen LogP contribution in [0.2, 0.25) is 0 Å². The highest BCUT2D eigenvalue weighted by Crippen LogP contribution is 2.32. The third-order valence-electron chi connectivity index (χ3n) is 5.19. The van der Waals surface area contributed by atoms with E-state index in [4.69, 9.17) is 5.73 Å². The molecule has 0 bridgehead atoms. The molecule has 0 saturated heterocycles. The highest BCUT2D eigenvalue weighted by atomic mass is 127. The number of hydrogen-bond donors (Lipinski definition) is 4. The summed E-state index contributed by atoms with van der Waals surface area (Å²) >= 11 is 1.89. The number of rotatable bonds is 3. The molecule has 8 nitrogen and oxygen atoms in total. The lowest BCUT2D eigenvalue weighted by Gasteiger charge is -2.12. The molecule has 3 heterocycles. The summed E-state index contributed by atoms with van der Waals surface area (Å²) in [7, 11) is 0. The summed E-state index contributed by atoms with van der Waals surface area (Å²) in [5.41, 5.74) is 6.60. The van der Waals surface area contributed by atoms with Crippen molar-refractivity contribution < 1.29 is 26.7 Å². The highest BCUT2D eigenvalue weighted by Gasteiger charge is 2.31. The number of nitrogens with one attached hydrogen (secondary N) is 3. The molecule has 0 aliphatic heterocycles. The number of urea groups is 1. The molecule has 0 aliphatic carbocycles. The van der Waals surface area contributed by atoms with Crippen LogP contribution >= 0.6 is 22.6 Å². The second kappa shape index (κ2) is 11.6. The number of amides is 2. The van der Waals surface area contributed by atoms with Crippen LogP contribution in [0, 0.1) is 15.3 Å². The quantitative estimate of drug-likeness (QED) is 0.0967. The summed E-state index contributed by atoms with van der Waals surface area (Å²) < 4.78 is 64.9. The Labute approximate surface area is 231 Å². The van der Waals surface area contributed by atoms with E-state index in [1.807, 2.05) is 22.6 Å². The molecule has 5 aromatic rings. The molecule has 0 spiro atoms. The van der Waals surface area contributed by atoms with Crippen molar-refractivity contribution in [2.75, 3.05) is 16.4 Å². The van der Waals surface area contributed by atoms with E-state index in [1.165, 1.54) is 6.20 Å². The number of nitrogens with two attached hydrogens (primary N) is 1. The average molecular weight is 653 g/mol. The molecule has 2 amide bonds. The van der Waals surface area contributed by atoms with E-state index in [2.05, 4.69) is 30.8 Å². The number of aromatic nitrogens is 4. The number of H-pyrrole nitrogens is 1. The van der Waals surface area contributed by atoms with Crippen molar-refractivity contribution in [1.82, 2.24) is 20.2 Å². The Morgan fingerprint density at radius 3 is 2.33 bits per heavy atom. The smallest absolute Gasteiger partial charge is 0.383 e. The SMILES string of the molecule is Fc1ncccc1I.Nc1[nH]nc2nccc(-c3ccc(NC(=O)Nc4cc(C(F)(F)F)ccc4F)cc3)c12. The predicted octanol–water partition coefficient (Wildman–Crippen LogP) is 6.83. The van der Waals surface area contributed by atoms with Crippen LogP contribution < -0.4 is 16.4 Å². The number of aromatic amines is 1. The zero-order valence-electron chi connectivity index (χ0n) is 19.5. The second-order valence-corrected chi connectivity index (χ2v) is 8.98. The summed E-state index contributed by atoms with van der Waals surface area (Å²) in [6.45, 7) is 0. The molecule has 0 aliphatic rings. The number of nitrogen functional groups attached to an aromatic ring is 1. The van der Waals surface area contributed by atoms with E-state index in [-0.39, 0.29) is 0 Å². The van der Waals surface area contributed by atoms with Gasteiger partial charge in [-0.05, 0) is 82.2 Å². The molecule has 200 valence electrons. The Bertz CT molecular complexity index is 1600. The fourth-order valence-electron chi connectivity index (χ4n) is 3.39. The van der Waals surface area contributed by atoms with E-state index in [0.717, 1.165) is 11.1 Å². The van der Waals surface area contributed by atoms with Gasteiger partial charge in [-0.25, -0.2) is 19.2 Å². The van der Waals surface area contributed by atoms with Crippen molar-refractivity contribution in [2.24, 2.45) is 0 Å². The van der Waals surface area contributed by atoms with Gasteiger partial charge in [0.25, 0.3) is 0 Å². The monoisotopic (exact) mass is 653 g/mol. The maximum atomic E-state index is 13.8. The number of anilines is 3. The van der Waals surface area contributed by atoms with Gasteiger partial charge >= 0.3 is 12.2 Å². The summed E-state index contributed by atoms with van der Waals surface area (Å²) in [5.74, 6) is -1.02. The Kier molecular flexibility index (Phi) is 8.23. The normalized spacial score (nSPS) is 11.0. The molecule has 14 heteroatoms. The van der Waals surface area contributed by atoms with Crippen molar-refractivity contribution in [1.29, 1.82) is 0 Å². The van der Waals surface area contributed by atoms with Crippen LogP contribution in [0.3, 0.4) is 0 Å². The van der Waals surface area contributed by atoms with Gasteiger partial charge in [-0.3, -0.25) is 5.10 Å². The molecule has 39 heavy (non-hydrogen) atoms. The standard InChI is InChI=1S/C20H14F4N6O.C5H3FIN/c21-14-6-3-11(20(22,23)24)9-15(14)28-19(31)27-12-4-1-10(2-5-12)13-7-8-26-18-16(13)17(25)29-30-18;6-5-4(7)2-1-3-8-5/h1-9H,(H2,27,28,31)(H3,25,26,29,30);1-3H. The van der Waals surface area contributed by atoms with Gasteiger partial charge in [-0.15, -0.1) is 0 Å². The van der Waals surface area contributed by atoms with E-state index >= 15 is 0 Å². The largest absolute Gasteiger partial charge is 0.416 e. The minimum Gasteiger partial charge on any atom is -0.383 e. The first-order chi connectivity index (χ1) is 18.5. The van der Waals surface area contributed by atoms with E-state index in [0.29, 0.717) is 44.3 Å². The van der Waals surface area contributed by atoms with Gasteiger partial charge < -0.3 is 16.4 Å². The summed E-state index contributed by atoms with van der Waals surface area (Å²) in [5, 5.41) is 11.8. The lowest BCUT2D eigenvalue weighted by molar-refractivity contribution is -0.137. The maximum absolute atomic E-state index is 13.8. The van der Waals surface area contributed by atoms with E-state index < -0.39 is 35.2 Å². The zero-order chi connectivity index (χ0) is 28.2. The minimum atomic E-state index is -4.66. The Balaban J connectivity index is 0.000000379. The van der Waals surface area contributed by atoms with Crippen molar-refractivity contribution in [2.45, 2.75) is 6.18 Å². The molecule has 3 aromatic heterocycles. The van der Waals surface area contributed by atoms with Gasteiger partial charge in [0, 0.05) is 18.1 Å². The molecular weight excluding hydrogens is 636 g/mol. The van der Waals surface area contributed by atoms with Crippen molar-refractivity contribution in [3.8, 4) is 11.1 Å². The fourth-order valence-corrected chi connectivity index (χ4v) is 3.74. The first-order valence-electron chi connectivity index (χ1n) is 10.9. The van der Waals surface area contributed by atoms with Gasteiger partial charge in [0.15, 0.2) is 5.65 Å². The molecule has 2 aromatic carbocycles. The Hall–Kier alpha value is -4.34. The van der Waals surface area contributed by atoms with E-state index in [9.17, 15) is 26.7 Å². The number of carbonyl (C=O) groups is 1. The van der Waals surface area contributed by atoms with E-state index in [1.54, 1.807) is 48.7 Å². The third-order valence-corrected chi connectivity index (χ3v) is 6.00. The van der Waals surface area contributed by atoms with Crippen LogP contribution in [0.1, 0.15) is 5.56 Å². The van der Waals surface area contributed by atoms with Crippen molar-refractivity contribution in [3.05, 3.63) is 94.0 Å². The van der Waals surface area contributed by atoms with Crippen molar-refractivity contribution in [3.63, 3.8) is 0 Å². The summed E-state index contributed by atoms with van der Waals surface area (Å²) in [6.07, 6.45) is -1.65. The van der Waals surface area contributed by atoms with Gasteiger partial charge in [0.05, 0.1) is 20.2 Å². The first kappa shape index (κ1) is 27.7. The third kappa shape index (κ3) is 6.76. The number of halogens is 6. The van der Waals surface area contributed by atoms with Gasteiger partial charge in [-0.2, -0.15) is 22.7 Å². The molecule has 0 radical (unpaired) electrons. The maximum Gasteiger partial charge on any atom is 0.416 e. The van der Waals surface area contributed by atoms with Gasteiger partial charge in [-0.1, -0.05) is 12.1 Å². The second-order valence-electron chi connectivity index (χ2n) is 7.82.